The Morgan fingerprint density at radius 1 is 1.25 bits per heavy atom. The fourth-order valence-electron chi connectivity index (χ4n) is 2.28. The highest BCUT2D eigenvalue weighted by atomic mass is 15.4. The second kappa shape index (κ2) is 5.40. The van der Waals surface area contributed by atoms with E-state index in [-0.39, 0.29) is 0 Å². The minimum atomic E-state index is 0.450. The molecule has 0 aliphatic heterocycles. The zero-order valence-corrected chi connectivity index (χ0v) is 11.6. The van der Waals surface area contributed by atoms with E-state index in [1.807, 2.05) is 6.92 Å². The van der Waals surface area contributed by atoms with Gasteiger partial charge in [0.15, 0.2) is 0 Å². The topological polar surface area (TPSA) is 93.4 Å². The molecule has 3 rings (SSSR count). The molecule has 8 nitrogen and oxygen atoms in total. The van der Waals surface area contributed by atoms with E-state index in [1.165, 1.54) is 11.0 Å². The van der Waals surface area contributed by atoms with E-state index in [0.717, 1.165) is 25.3 Å². The highest BCUT2D eigenvalue weighted by Crippen LogP contribution is 2.28. The monoisotopic (exact) mass is 274 g/mol. The highest BCUT2D eigenvalue weighted by Gasteiger charge is 2.26. The van der Waals surface area contributed by atoms with Crippen molar-refractivity contribution in [1.29, 1.82) is 0 Å². The van der Waals surface area contributed by atoms with Crippen molar-refractivity contribution in [3.8, 4) is 5.95 Å². The van der Waals surface area contributed by atoms with E-state index < -0.39 is 0 Å². The predicted molar refractivity (Wildman–Crippen MR) is 74.7 cm³/mol. The van der Waals surface area contributed by atoms with E-state index in [2.05, 4.69) is 42.6 Å². The molecule has 1 aliphatic carbocycles. The van der Waals surface area contributed by atoms with Gasteiger partial charge >= 0.3 is 0 Å². The molecule has 0 saturated heterocycles. The van der Waals surface area contributed by atoms with Gasteiger partial charge in [-0.2, -0.15) is 24.7 Å². The molecule has 0 spiro atoms. The van der Waals surface area contributed by atoms with Crippen LogP contribution in [0.1, 0.15) is 26.7 Å². The molecule has 0 aromatic carbocycles. The zero-order valence-electron chi connectivity index (χ0n) is 11.6. The van der Waals surface area contributed by atoms with Crippen molar-refractivity contribution in [3.05, 3.63) is 12.7 Å². The van der Waals surface area contributed by atoms with Crippen molar-refractivity contribution in [2.75, 3.05) is 17.2 Å². The van der Waals surface area contributed by atoms with Gasteiger partial charge in [-0.3, -0.25) is 0 Å². The third-order valence-corrected chi connectivity index (χ3v) is 3.29. The zero-order chi connectivity index (χ0) is 13.9. The molecular weight excluding hydrogens is 256 g/mol. The number of hydrogen-bond acceptors (Lipinski definition) is 7. The summed E-state index contributed by atoms with van der Waals surface area (Å²) in [6.07, 6.45) is 5.33. The lowest BCUT2D eigenvalue weighted by molar-refractivity contribution is 0.308. The fraction of sp³-hybridized carbons (Fsp3) is 0.583. The van der Waals surface area contributed by atoms with Crippen LogP contribution in [0, 0.1) is 5.92 Å². The molecule has 2 heterocycles. The number of aromatic nitrogens is 6. The van der Waals surface area contributed by atoms with Gasteiger partial charge in [0.1, 0.15) is 12.7 Å². The molecule has 0 unspecified atom stereocenters. The van der Waals surface area contributed by atoms with Crippen LogP contribution < -0.4 is 10.6 Å². The van der Waals surface area contributed by atoms with Crippen molar-refractivity contribution in [3.63, 3.8) is 0 Å². The lowest BCUT2D eigenvalue weighted by Gasteiger charge is -2.33. The normalized spacial score (nSPS) is 21.3. The van der Waals surface area contributed by atoms with Crippen LogP contribution in [-0.2, 0) is 0 Å². The summed E-state index contributed by atoms with van der Waals surface area (Å²) < 4.78 is 1.52. The molecule has 8 heteroatoms. The Morgan fingerprint density at radius 2 is 2.05 bits per heavy atom. The van der Waals surface area contributed by atoms with E-state index in [1.54, 1.807) is 6.33 Å². The summed E-state index contributed by atoms with van der Waals surface area (Å²) in [5.74, 6) is 2.36. The maximum Gasteiger partial charge on any atom is 0.258 e. The average Bonchev–Trinajstić information content (AvgIpc) is 2.91. The Labute approximate surface area is 117 Å². The first-order valence-electron chi connectivity index (χ1n) is 6.86. The van der Waals surface area contributed by atoms with Crippen LogP contribution in [-0.4, -0.2) is 42.3 Å². The van der Waals surface area contributed by atoms with Crippen molar-refractivity contribution >= 4 is 11.9 Å². The van der Waals surface area contributed by atoms with Gasteiger partial charge in [0.2, 0.25) is 11.9 Å². The molecule has 0 radical (unpaired) electrons. The van der Waals surface area contributed by atoms with Crippen LogP contribution in [0.2, 0.25) is 0 Å². The molecule has 2 aromatic heterocycles. The van der Waals surface area contributed by atoms with Crippen molar-refractivity contribution in [1.82, 2.24) is 29.7 Å². The molecule has 0 atom stereocenters. The largest absolute Gasteiger partial charge is 0.354 e. The summed E-state index contributed by atoms with van der Waals surface area (Å²) in [5, 5.41) is 10.5. The van der Waals surface area contributed by atoms with Crippen LogP contribution in [0.4, 0.5) is 11.9 Å². The fourth-order valence-corrected chi connectivity index (χ4v) is 2.28. The summed E-state index contributed by atoms with van der Waals surface area (Å²) in [5.41, 5.74) is 0. The number of nitrogens with zero attached hydrogens (tertiary/aromatic N) is 6. The van der Waals surface area contributed by atoms with E-state index in [0.29, 0.717) is 23.9 Å². The summed E-state index contributed by atoms with van der Waals surface area (Å²) in [4.78, 5) is 17.0. The van der Waals surface area contributed by atoms with Crippen molar-refractivity contribution in [2.24, 2.45) is 5.92 Å². The standard InChI is InChI=1S/C12H18N8/c1-3-14-10-17-11(16-9-4-8(2)5-9)19-12(18-10)20-7-13-6-15-20/h6-9H,3-5H2,1-2H3,(H2,14,16,17,18,19). The third kappa shape index (κ3) is 2.68. The van der Waals surface area contributed by atoms with Crippen LogP contribution >= 0.6 is 0 Å². The Morgan fingerprint density at radius 3 is 2.70 bits per heavy atom. The van der Waals surface area contributed by atoms with E-state index in [4.69, 9.17) is 0 Å². The second-order valence-electron chi connectivity index (χ2n) is 5.07. The average molecular weight is 274 g/mol. The second-order valence-corrected chi connectivity index (χ2v) is 5.07. The van der Waals surface area contributed by atoms with Crippen LogP contribution in [0.25, 0.3) is 5.95 Å². The van der Waals surface area contributed by atoms with Gasteiger partial charge in [-0.15, -0.1) is 0 Å². The summed E-state index contributed by atoms with van der Waals surface area (Å²) >= 11 is 0. The Bertz CT molecular complexity index is 561. The maximum atomic E-state index is 4.39. The van der Waals surface area contributed by atoms with Gasteiger partial charge in [-0.25, -0.2) is 4.98 Å². The molecular formula is C12H18N8. The van der Waals surface area contributed by atoms with Gasteiger partial charge < -0.3 is 10.6 Å². The van der Waals surface area contributed by atoms with Crippen LogP contribution in [0.3, 0.4) is 0 Å². The van der Waals surface area contributed by atoms with Gasteiger partial charge in [0, 0.05) is 12.6 Å². The molecule has 106 valence electrons. The third-order valence-electron chi connectivity index (χ3n) is 3.29. The first-order valence-corrected chi connectivity index (χ1v) is 6.86. The van der Waals surface area contributed by atoms with Crippen LogP contribution in [0.5, 0.6) is 0 Å². The Hall–Kier alpha value is -2.25. The van der Waals surface area contributed by atoms with Gasteiger partial charge in [-0.05, 0) is 25.7 Å². The lowest BCUT2D eigenvalue weighted by atomic mass is 9.82. The quantitative estimate of drug-likeness (QED) is 0.843. The molecule has 0 bridgehead atoms. The first kappa shape index (κ1) is 12.8. The predicted octanol–water partition coefficient (Wildman–Crippen LogP) is 1.09. The summed E-state index contributed by atoms with van der Waals surface area (Å²) in [6, 6.07) is 0.450. The Kier molecular flexibility index (Phi) is 3.44. The maximum absolute atomic E-state index is 4.39. The molecule has 0 amide bonds. The number of nitrogens with one attached hydrogen (secondary N) is 2. The molecule has 2 aromatic rings. The Balaban J connectivity index is 1.84. The van der Waals surface area contributed by atoms with Crippen molar-refractivity contribution in [2.45, 2.75) is 32.7 Å². The smallest absolute Gasteiger partial charge is 0.258 e. The van der Waals surface area contributed by atoms with Gasteiger partial charge in [0.25, 0.3) is 5.95 Å². The molecule has 1 aliphatic rings. The summed E-state index contributed by atoms with van der Waals surface area (Å²) in [6.45, 7) is 5.00. The summed E-state index contributed by atoms with van der Waals surface area (Å²) in [7, 11) is 0. The van der Waals surface area contributed by atoms with E-state index in [9.17, 15) is 0 Å². The molecule has 1 saturated carbocycles. The van der Waals surface area contributed by atoms with Crippen LogP contribution in [0.15, 0.2) is 12.7 Å². The van der Waals surface area contributed by atoms with E-state index >= 15 is 0 Å². The highest BCUT2D eigenvalue weighted by molar-refractivity contribution is 5.38. The number of hydrogen-bond donors (Lipinski definition) is 2. The molecule has 20 heavy (non-hydrogen) atoms. The first-order chi connectivity index (χ1) is 9.74. The SMILES string of the molecule is CCNc1nc(NC2CC(C)C2)nc(-n2cncn2)n1. The lowest BCUT2D eigenvalue weighted by Crippen LogP contribution is -2.34. The number of rotatable bonds is 5. The molecule has 2 N–H and O–H groups in total. The minimum Gasteiger partial charge on any atom is -0.354 e. The minimum absolute atomic E-state index is 0.450. The van der Waals surface area contributed by atoms with Crippen molar-refractivity contribution < 1.29 is 0 Å². The van der Waals surface area contributed by atoms with Gasteiger partial charge in [0.05, 0.1) is 0 Å². The number of anilines is 2. The van der Waals surface area contributed by atoms with Gasteiger partial charge in [-0.1, -0.05) is 6.92 Å². The molecule has 1 fully saturated rings.